The van der Waals surface area contributed by atoms with Crippen molar-refractivity contribution in [2.75, 3.05) is 11.1 Å². The molecule has 2 aromatic rings. The lowest BCUT2D eigenvalue weighted by Gasteiger charge is -2.07. The van der Waals surface area contributed by atoms with Crippen LogP contribution in [0.15, 0.2) is 35.7 Å². The number of nitrogens with zero attached hydrogens (tertiary/aromatic N) is 2. The Morgan fingerprint density at radius 2 is 2.16 bits per heavy atom. The number of imidazole rings is 1. The minimum absolute atomic E-state index is 0.0174. The monoisotopic (exact) mass is 275 g/mol. The third-order valence-electron chi connectivity index (χ3n) is 2.90. The molecular weight excluding hydrogens is 258 g/mol. The van der Waals surface area contributed by atoms with E-state index in [0.29, 0.717) is 5.75 Å². The van der Waals surface area contributed by atoms with Gasteiger partial charge in [0.05, 0.1) is 5.75 Å². The van der Waals surface area contributed by atoms with Gasteiger partial charge in [-0.05, 0) is 37.1 Å². The fourth-order valence-electron chi connectivity index (χ4n) is 1.64. The lowest BCUT2D eigenvalue weighted by atomic mass is 10.1. The van der Waals surface area contributed by atoms with Gasteiger partial charge in [0, 0.05) is 25.1 Å². The van der Waals surface area contributed by atoms with Crippen LogP contribution >= 0.6 is 11.8 Å². The first-order chi connectivity index (χ1) is 9.06. The second-order valence-electron chi connectivity index (χ2n) is 4.46. The zero-order chi connectivity index (χ0) is 13.8. The number of thioether (sulfide) groups is 1. The molecule has 0 unspecified atom stereocenters. The number of benzene rings is 1. The summed E-state index contributed by atoms with van der Waals surface area (Å²) in [5.41, 5.74) is 3.24. The van der Waals surface area contributed by atoms with Crippen molar-refractivity contribution in [3.8, 4) is 0 Å². The number of anilines is 1. The summed E-state index contributed by atoms with van der Waals surface area (Å²) in [4.78, 5) is 16.0. The van der Waals surface area contributed by atoms with Crippen molar-refractivity contribution in [2.24, 2.45) is 7.05 Å². The van der Waals surface area contributed by atoms with Gasteiger partial charge >= 0.3 is 0 Å². The van der Waals surface area contributed by atoms with Gasteiger partial charge in [-0.15, -0.1) is 0 Å². The number of hydrogen-bond donors (Lipinski definition) is 1. The van der Waals surface area contributed by atoms with Crippen LogP contribution in [0.2, 0.25) is 0 Å². The average Bonchev–Trinajstić information content (AvgIpc) is 2.77. The summed E-state index contributed by atoms with van der Waals surface area (Å²) >= 11 is 1.43. The number of carbonyl (C=O) groups excluding carboxylic acids is 1. The van der Waals surface area contributed by atoms with E-state index >= 15 is 0 Å². The molecule has 4 nitrogen and oxygen atoms in total. The van der Waals surface area contributed by atoms with E-state index in [1.165, 1.54) is 22.9 Å². The van der Waals surface area contributed by atoms with Crippen LogP contribution in [0.1, 0.15) is 11.1 Å². The van der Waals surface area contributed by atoms with E-state index in [9.17, 15) is 4.79 Å². The lowest BCUT2D eigenvalue weighted by molar-refractivity contribution is -0.113. The molecule has 1 aromatic carbocycles. The number of rotatable bonds is 4. The van der Waals surface area contributed by atoms with Crippen LogP contribution in [0.4, 0.5) is 5.69 Å². The summed E-state index contributed by atoms with van der Waals surface area (Å²) in [6, 6.07) is 5.92. The molecule has 19 heavy (non-hydrogen) atoms. The zero-order valence-corrected chi connectivity index (χ0v) is 12.1. The molecule has 0 aliphatic rings. The van der Waals surface area contributed by atoms with E-state index < -0.39 is 0 Å². The van der Waals surface area contributed by atoms with E-state index in [2.05, 4.69) is 17.2 Å². The SMILES string of the molecule is Cc1ccc(NC(=O)CSc2nccn2C)cc1C. The molecule has 0 atom stereocenters. The average molecular weight is 275 g/mol. The molecule has 0 saturated heterocycles. The summed E-state index contributed by atoms with van der Waals surface area (Å²) in [6.45, 7) is 4.09. The smallest absolute Gasteiger partial charge is 0.234 e. The van der Waals surface area contributed by atoms with Crippen LogP contribution in [0.25, 0.3) is 0 Å². The molecule has 0 fully saturated rings. The van der Waals surface area contributed by atoms with Gasteiger partial charge in [-0.1, -0.05) is 17.8 Å². The summed E-state index contributed by atoms with van der Waals surface area (Å²) in [6.07, 6.45) is 3.59. The van der Waals surface area contributed by atoms with E-state index in [0.717, 1.165) is 10.8 Å². The fourth-order valence-corrected chi connectivity index (χ4v) is 2.37. The number of hydrogen-bond acceptors (Lipinski definition) is 3. The minimum Gasteiger partial charge on any atom is -0.329 e. The maximum absolute atomic E-state index is 11.8. The van der Waals surface area contributed by atoms with Crippen molar-refractivity contribution in [3.05, 3.63) is 41.7 Å². The fraction of sp³-hybridized carbons (Fsp3) is 0.286. The number of carbonyl (C=O) groups is 1. The Kier molecular flexibility index (Phi) is 4.27. The number of aryl methyl sites for hydroxylation is 3. The van der Waals surface area contributed by atoms with Crippen molar-refractivity contribution >= 4 is 23.4 Å². The first-order valence-corrected chi connectivity index (χ1v) is 7.02. The van der Waals surface area contributed by atoms with Crippen LogP contribution in [0, 0.1) is 13.8 Å². The Hall–Kier alpha value is -1.75. The van der Waals surface area contributed by atoms with E-state index in [4.69, 9.17) is 0 Å². The predicted molar refractivity (Wildman–Crippen MR) is 78.5 cm³/mol. The third kappa shape index (κ3) is 3.61. The van der Waals surface area contributed by atoms with Gasteiger partial charge in [0.25, 0.3) is 0 Å². The maximum Gasteiger partial charge on any atom is 0.234 e. The van der Waals surface area contributed by atoms with E-state index in [1.807, 2.05) is 42.9 Å². The highest BCUT2D eigenvalue weighted by Crippen LogP contribution is 2.17. The van der Waals surface area contributed by atoms with Gasteiger partial charge in [-0.2, -0.15) is 0 Å². The Balaban J connectivity index is 1.91. The molecule has 100 valence electrons. The summed E-state index contributed by atoms with van der Waals surface area (Å²) in [5.74, 6) is 0.342. The quantitative estimate of drug-likeness (QED) is 0.873. The summed E-state index contributed by atoms with van der Waals surface area (Å²) in [7, 11) is 1.91. The molecule has 2 rings (SSSR count). The highest BCUT2D eigenvalue weighted by Gasteiger charge is 2.06. The lowest BCUT2D eigenvalue weighted by Crippen LogP contribution is -2.14. The maximum atomic E-state index is 11.8. The van der Waals surface area contributed by atoms with Gasteiger partial charge in [0.2, 0.25) is 5.91 Å². The molecular formula is C14H17N3OS. The molecule has 0 spiro atoms. The van der Waals surface area contributed by atoms with Crippen LogP contribution in [-0.2, 0) is 11.8 Å². The van der Waals surface area contributed by atoms with Crippen molar-refractivity contribution < 1.29 is 4.79 Å². The van der Waals surface area contributed by atoms with Gasteiger partial charge in [-0.3, -0.25) is 4.79 Å². The van der Waals surface area contributed by atoms with Crippen molar-refractivity contribution in [3.63, 3.8) is 0 Å². The number of amides is 1. The molecule has 1 heterocycles. The molecule has 1 amide bonds. The van der Waals surface area contributed by atoms with E-state index in [1.54, 1.807) is 6.20 Å². The Bertz CT molecular complexity index is 592. The molecule has 0 aliphatic carbocycles. The van der Waals surface area contributed by atoms with Gasteiger partial charge in [-0.25, -0.2) is 4.98 Å². The molecule has 5 heteroatoms. The predicted octanol–water partition coefficient (Wildman–Crippen LogP) is 2.77. The number of aromatic nitrogens is 2. The van der Waals surface area contributed by atoms with Crippen LogP contribution in [0.3, 0.4) is 0 Å². The van der Waals surface area contributed by atoms with Crippen LogP contribution in [0.5, 0.6) is 0 Å². The minimum atomic E-state index is -0.0174. The molecule has 0 bridgehead atoms. The van der Waals surface area contributed by atoms with Crippen molar-refractivity contribution in [1.29, 1.82) is 0 Å². The second kappa shape index (κ2) is 5.93. The van der Waals surface area contributed by atoms with E-state index in [-0.39, 0.29) is 5.91 Å². The first-order valence-electron chi connectivity index (χ1n) is 6.03. The topological polar surface area (TPSA) is 46.9 Å². The largest absolute Gasteiger partial charge is 0.329 e. The van der Waals surface area contributed by atoms with Crippen LogP contribution < -0.4 is 5.32 Å². The first kappa shape index (κ1) is 13.7. The summed E-state index contributed by atoms with van der Waals surface area (Å²) in [5, 5.41) is 3.74. The normalized spacial score (nSPS) is 10.5. The highest BCUT2D eigenvalue weighted by atomic mass is 32.2. The Labute approximate surface area is 117 Å². The summed E-state index contributed by atoms with van der Waals surface area (Å²) < 4.78 is 1.90. The molecule has 0 saturated carbocycles. The Morgan fingerprint density at radius 1 is 1.37 bits per heavy atom. The van der Waals surface area contributed by atoms with Crippen LogP contribution in [-0.4, -0.2) is 21.2 Å². The van der Waals surface area contributed by atoms with Gasteiger partial charge in [0.1, 0.15) is 0 Å². The standard InChI is InChI=1S/C14H17N3OS/c1-10-4-5-12(8-11(10)2)16-13(18)9-19-14-15-6-7-17(14)3/h4-8H,9H2,1-3H3,(H,16,18). The zero-order valence-electron chi connectivity index (χ0n) is 11.3. The molecule has 0 aliphatic heterocycles. The number of nitrogens with one attached hydrogen (secondary N) is 1. The Morgan fingerprint density at radius 3 is 2.79 bits per heavy atom. The van der Waals surface area contributed by atoms with Crippen molar-refractivity contribution in [1.82, 2.24) is 9.55 Å². The molecule has 1 N–H and O–H groups in total. The third-order valence-corrected chi connectivity index (χ3v) is 3.96. The molecule has 0 radical (unpaired) electrons. The van der Waals surface area contributed by atoms with Gasteiger partial charge < -0.3 is 9.88 Å². The van der Waals surface area contributed by atoms with Crippen molar-refractivity contribution in [2.45, 2.75) is 19.0 Å². The second-order valence-corrected chi connectivity index (χ2v) is 5.40. The molecule has 1 aromatic heterocycles. The van der Waals surface area contributed by atoms with Gasteiger partial charge in [0.15, 0.2) is 5.16 Å². The highest BCUT2D eigenvalue weighted by molar-refractivity contribution is 7.99.